The van der Waals surface area contributed by atoms with Gasteiger partial charge in [-0.2, -0.15) is 0 Å². The molecule has 1 aliphatic carbocycles. The fourth-order valence-corrected chi connectivity index (χ4v) is 2.55. The van der Waals surface area contributed by atoms with E-state index in [0.29, 0.717) is 5.92 Å². The molecule has 0 spiro atoms. The molecule has 0 radical (unpaired) electrons. The van der Waals surface area contributed by atoms with Crippen molar-refractivity contribution in [1.29, 1.82) is 0 Å². The molecule has 0 unspecified atom stereocenters. The third-order valence-corrected chi connectivity index (χ3v) is 3.96. The average molecular weight is 261 g/mol. The summed E-state index contributed by atoms with van der Waals surface area (Å²) < 4.78 is 5.17. The summed E-state index contributed by atoms with van der Waals surface area (Å²) in [5.41, 5.74) is 0.807. The van der Waals surface area contributed by atoms with Crippen LogP contribution in [0.4, 0.5) is 0 Å². The van der Waals surface area contributed by atoms with Crippen molar-refractivity contribution < 1.29 is 9.53 Å². The van der Waals surface area contributed by atoms with Crippen molar-refractivity contribution in [2.75, 3.05) is 13.7 Å². The summed E-state index contributed by atoms with van der Waals surface area (Å²) >= 11 is 0. The van der Waals surface area contributed by atoms with E-state index in [-0.39, 0.29) is 11.3 Å². The smallest absolute Gasteiger partial charge is 0.230 e. The van der Waals surface area contributed by atoms with Crippen LogP contribution >= 0.6 is 0 Å². The minimum Gasteiger partial charge on any atom is -0.497 e. The third kappa shape index (κ3) is 2.75. The molecule has 1 N–H and O–H groups in total. The summed E-state index contributed by atoms with van der Waals surface area (Å²) in [7, 11) is 1.66. The van der Waals surface area contributed by atoms with Crippen molar-refractivity contribution in [2.45, 2.75) is 38.5 Å². The van der Waals surface area contributed by atoms with Crippen LogP contribution in [0.5, 0.6) is 5.75 Å². The van der Waals surface area contributed by atoms with Crippen LogP contribution < -0.4 is 10.1 Å². The molecular formula is C16H23NO2. The highest BCUT2D eigenvalue weighted by molar-refractivity contribution is 5.89. The minimum absolute atomic E-state index is 0.178. The van der Waals surface area contributed by atoms with Gasteiger partial charge in [0.25, 0.3) is 0 Å². The molecule has 0 atom stereocenters. The first kappa shape index (κ1) is 13.9. The maximum absolute atomic E-state index is 12.5. The molecule has 1 aromatic carbocycles. The minimum atomic E-state index is -0.304. The number of hydrogen-bond donors (Lipinski definition) is 1. The van der Waals surface area contributed by atoms with Crippen molar-refractivity contribution >= 4 is 5.91 Å². The lowest BCUT2D eigenvalue weighted by Crippen LogP contribution is -2.49. The van der Waals surface area contributed by atoms with Gasteiger partial charge in [0.15, 0.2) is 0 Å². The van der Waals surface area contributed by atoms with E-state index in [1.165, 1.54) is 0 Å². The maximum atomic E-state index is 12.5. The quantitative estimate of drug-likeness (QED) is 0.885. The highest BCUT2D eigenvalue weighted by atomic mass is 16.5. The molecule has 3 nitrogen and oxygen atoms in total. The fraction of sp³-hybridized carbons (Fsp3) is 0.562. The van der Waals surface area contributed by atoms with E-state index >= 15 is 0 Å². The Balaban J connectivity index is 2.14. The zero-order valence-corrected chi connectivity index (χ0v) is 12.0. The van der Waals surface area contributed by atoms with E-state index in [9.17, 15) is 4.79 Å². The van der Waals surface area contributed by atoms with Crippen LogP contribution in [0.1, 0.15) is 38.7 Å². The lowest BCUT2D eigenvalue weighted by atomic mass is 9.64. The Labute approximate surface area is 115 Å². The van der Waals surface area contributed by atoms with Gasteiger partial charge in [0.05, 0.1) is 12.5 Å². The Hall–Kier alpha value is -1.51. The van der Waals surface area contributed by atoms with Crippen LogP contribution in [-0.2, 0) is 10.2 Å². The molecule has 3 heteroatoms. The molecule has 1 fully saturated rings. The summed E-state index contributed by atoms with van der Waals surface area (Å²) in [6, 6.07) is 7.91. The van der Waals surface area contributed by atoms with Crippen molar-refractivity contribution in [3.8, 4) is 5.75 Å². The topological polar surface area (TPSA) is 38.3 Å². The lowest BCUT2D eigenvalue weighted by molar-refractivity contribution is -0.130. The number of amides is 1. The molecule has 1 aromatic rings. The van der Waals surface area contributed by atoms with Gasteiger partial charge in [-0.15, -0.1) is 0 Å². The summed E-state index contributed by atoms with van der Waals surface area (Å²) in [5.74, 6) is 1.50. The molecule has 104 valence electrons. The highest BCUT2D eigenvalue weighted by Gasteiger charge is 2.45. The zero-order valence-electron chi connectivity index (χ0n) is 12.0. The Bertz CT molecular complexity index is 433. The average Bonchev–Trinajstić information content (AvgIpc) is 2.36. The first-order valence-electron chi connectivity index (χ1n) is 7.01. The molecule has 0 saturated heterocycles. The van der Waals surface area contributed by atoms with E-state index in [0.717, 1.165) is 37.1 Å². The van der Waals surface area contributed by atoms with E-state index in [4.69, 9.17) is 4.74 Å². The van der Waals surface area contributed by atoms with E-state index in [2.05, 4.69) is 19.2 Å². The van der Waals surface area contributed by atoms with Gasteiger partial charge in [0, 0.05) is 6.54 Å². The summed E-state index contributed by atoms with van der Waals surface area (Å²) in [5, 5.41) is 3.08. The second kappa shape index (κ2) is 5.64. The fourth-order valence-electron chi connectivity index (χ4n) is 2.55. The predicted octanol–water partition coefficient (Wildman–Crippen LogP) is 2.89. The van der Waals surface area contributed by atoms with Crippen LogP contribution in [0.2, 0.25) is 0 Å². The van der Waals surface area contributed by atoms with Gasteiger partial charge >= 0.3 is 0 Å². The number of methoxy groups -OCH3 is 1. The first-order chi connectivity index (χ1) is 9.08. The number of carbonyl (C=O) groups is 1. The molecule has 2 rings (SSSR count). The van der Waals surface area contributed by atoms with Gasteiger partial charge in [-0.25, -0.2) is 0 Å². The van der Waals surface area contributed by atoms with Crippen LogP contribution in [0, 0.1) is 5.92 Å². The summed E-state index contributed by atoms with van der Waals surface area (Å²) in [4.78, 5) is 12.5. The third-order valence-electron chi connectivity index (χ3n) is 3.96. The standard InChI is InChI=1S/C16H23NO2/c1-12(2)11-17-15(18)16(9-4-10-16)13-5-7-14(19-3)8-6-13/h5-8,12H,4,9-11H2,1-3H3,(H,17,18). The molecule has 1 saturated carbocycles. The molecule has 19 heavy (non-hydrogen) atoms. The SMILES string of the molecule is COc1ccc(C2(C(=O)NCC(C)C)CCC2)cc1. The van der Waals surface area contributed by atoms with Gasteiger partial charge in [0.2, 0.25) is 5.91 Å². The maximum Gasteiger partial charge on any atom is 0.230 e. The van der Waals surface area contributed by atoms with Gasteiger partial charge in [-0.1, -0.05) is 32.4 Å². The molecule has 0 aliphatic heterocycles. The van der Waals surface area contributed by atoms with E-state index < -0.39 is 0 Å². The molecule has 1 amide bonds. The van der Waals surface area contributed by atoms with Crippen LogP contribution in [0.25, 0.3) is 0 Å². The van der Waals surface area contributed by atoms with Crippen molar-refractivity contribution in [3.05, 3.63) is 29.8 Å². The number of hydrogen-bond acceptors (Lipinski definition) is 2. The van der Waals surface area contributed by atoms with E-state index in [1.807, 2.05) is 24.3 Å². The first-order valence-corrected chi connectivity index (χ1v) is 7.01. The largest absolute Gasteiger partial charge is 0.497 e. The molecule has 1 aliphatic rings. The number of benzene rings is 1. The monoisotopic (exact) mass is 261 g/mol. The second-order valence-electron chi connectivity index (χ2n) is 5.77. The normalized spacial score (nSPS) is 16.8. The number of ether oxygens (including phenoxy) is 1. The van der Waals surface area contributed by atoms with Crippen molar-refractivity contribution in [1.82, 2.24) is 5.32 Å². The number of carbonyl (C=O) groups excluding carboxylic acids is 1. The van der Waals surface area contributed by atoms with Crippen LogP contribution in [0.15, 0.2) is 24.3 Å². The number of rotatable bonds is 5. The van der Waals surface area contributed by atoms with Gasteiger partial charge < -0.3 is 10.1 Å². The molecule has 0 heterocycles. The number of nitrogens with one attached hydrogen (secondary N) is 1. The summed E-state index contributed by atoms with van der Waals surface area (Å²) in [6.45, 7) is 4.97. The predicted molar refractivity (Wildman–Crippen MR) is 76.4 cm³/mol. The molecule has 0 bridgehead atoms. The van der Waals surface area contributed by atoms with Crippen molar-refractivity contribution in [2.24, 2.45) is 5.92 Å². The lowest BCUT2D eigenvalue weighted by Gasteiger charge is -2.41. The zero-order chi connectivity index (χ0) is 13.9. The Morgan fingerprint density at radius 2 is 1.95 bits per heavy atom. The Kier molecular flexibility index (Phi) is 4.13. The molecular weight excluding hydrogens is 238 g/mol. The summed E-state index contributed by atoms with van der Waals surface area (Å²) in [6.07, 6.45) is 3.02. The van der Waals surface area contributed by atoms with Crippen LogP contribution in [-0.4, -0.2) is 19.6 Å². The second-order valence-corrected chi connectivity index (χ2v) is 5.77. The highest BCUT2D eigenvalue weighted by Crippen LogP contribution is 2.44. The van der Waals surface area contributed by atoms with Crippen LogP contribution in [0.3, 0.4) is 0 Å². The van der Waals surface area contributed by atoms with Gasteiger partial charge in [-0.3, -0.25) is 4.79 Å². The van der Waals surface area contributed by atoms with Gasteiger partial charge in [0.1, 0.15) is 5.75 Å². The van der Waals surface area contributed by atoms with Gasteiger partial charge in [-0.05, 0) is 36.5 Å². The molecule has 0 aromatic heterocycles. The van der Waals surface area contributed by atoms with Crippen molar-refractivity contribution in [3.63, 3.8) is 0 Å². The Morgan fingerprint density at radius 1 is 1.32 bits per heavy atom. The van der Waals surface area contributed by atoms with E-state index in [1.54, 1.807) is 7.11 Å². The Morgan fingerprint density at radius 3 is 2.37 bits per heavy atom.